The molecule has 0 bridgehead atoms. The molecule has 1 aliphatic rings. The zero-order valence-corrected chi connectivity index (χ0v) is 20.6. The molecule has 0 unspecified atom stereocenters. The Bertz CT molecular complexity index is 1610. The van der Waals surface area contributed by atoms with Gasteiger partial charge >= 0.3 is 0 Å². The largest absolute Gasteiger partial charge is 0.455 e. The third kappa shape index (κ3) is 2.61. The zero-order valence-electron chi connectivity index (χ0n) is 19.6. The molecule has 1 aromatic heterocycles. The molecule has 0 N–H and O–H groups in total. The van der Waals surface area contributed by atoms with E-state index in [1.165, 1.54) is 59.9 Å². The summed E-state index contributed by atoms with van der Waals surface area (Å²) in [6.45, 7) is 11.7. The summed E-state index contributed by atoms with van der Waals surface area (Å²) in [6, 6.07) is 20.2. The van der Waals surface area contributed by atoms with Gasteiger partial charge in [-0.3, -0.25) is 0 Å². The molecule has 0 saturated heterocycles. The van der Waals surface area contributed by atoms with E-state index in [1.54, 1.807) is 0 Å². The van der Waals surface area contributed by atoms with E-state index in [-0.39, 0.29) is 0 Å². The van der Waals surface area contributed by atoms with Crippen LogP contribution in [-0.4, -0.2) is 8.07 Å². The Hall–Kier alpha value is -3.17. The minimum Gasteiger partial charge on any atom is -0.455 e. The van der Waals surface area contributed by atoms with Crippen molar-refractivity contribution in [3.63, 3.8) is 0 Å². The van der Waals surface area contributed by atoms with Crippen molar-refractivity contribution < 1.29 is 9.30 Å². The van der Waals surface area contributed by atoms with E-state index in [1.807, 2.05) is 0 Å². The van der Waals surface area contributed by atoms with Gasteiger partial charge in [-0.25, -0.2) is 4.57 Å². The van der Waals surface area contributed by atoms with Crippen molar-refractivity contribution in [2.24, 2.45) is 7.05 Å². The SMILES string of the molecule is Cc1c2c(c(C)c3cc4ccccc4cc13)-c1c3c(cc([Si](C)(C)C)cc3cc[n+]1C)O2. The molecule has 5 aromatic rings. The molecule has 1 aliphatic heterocycles. The third-order valence-corrected chi connectivity index (χ3v) is 9.17. The summed E-state index contributed by atoms with van der Waals surface area (Å²) in [5.74, 6) is 2.01. The molecule has 0 atom stereocenters. The summed E-state index contributed by atoms with van der Waals surface area (Å²) in [5.41, 5.74) is 4.99. The second kappa shape index (κ2) is 6.43. The van der Waals surface area contributed by atoms with Crippen LogP contribution in [0.1, 0.15) is 11.1 Å². The van der Waals surface area contributed by atoms with E-state index in [9.17, 15) is 0 Å². The maximum Gasteiger partial charge on any atom is 0.228 e. The fourth-order valence-corrected chi connectivity index (χ4v) is 6.43. The van der Waals surface area contributed by atoms with Gasteiger partial charge in [0.2, 0.25) is 5.69 Å². The van der Waals surface area contributed by atoms with Gasteiger partial charge in [0.25, 0.3) is 0 Å². The van der Waals surface area contributed by atoms with Gasteiger partial charge in [0.1, 0.15) is 18.5 Å². The van der Waals surface area contributed by atoms with Gasteiger partial charge in [-0.2, -0.15) is 0 Å². The van der Waals surface area contributed by atoms with Gasteiger partial charge in [-0.05, 0) is 64.5 Å². The number of pyridine rings is 1. The number of fused-ring (bicyclic) bond motifs is 4. The Balaban J connectivity index is 1.78. The van der Waals surface area contributed by atoms with Crippen LogP contribution in [0.2, 0.25) is 19.6 Å². The standard InChI is InChI=1S/C29H28NOSi/c1-17-23-14-19-9-7-8-10-20(19)15-24(23)18(2)29-26(17)28-27-21(11-12-30(28)3)13-22(32(4,5)6)16-25(27)31-29/h7-16H,1-6H3/q+1. The van der Waals surface area contributed by atoms with Gasteiger partial charge in [-0.1, -0.05) is 55.2 Å². The van der Waals surface area contributed by atoms with Gasteiger partial charge in [0, 0.05) is 11.6 Å². The fraction of sp³-hybridized carbons (Fsp3) is 0.207. The Morgan fingerprint density at radius 1 is 0.781 bits per heavy atom. The number of hydrogen-bond donors (Lipinski definition) is 0. The number of ether oxygens (including phenoxy) is 1. The lowest BCUT2D eigenvalue weighted by Gasteiger charge is -2.26. The van der Waals surface area contributed by atoms with Crippen molar-refractivity contribution in [1.29, 1.82) is 0 Å². The van der Waals surface area contributed by atoms with Crippen LogP contribution >= 0.6 is 0 Å². The van der Waals surface area contributed by atoms with Gasteiger partial charge in [0.05, 0.1) is 19.0 Å². The van der Waals surface area contributed by atoms with Crippen molar-refractivity contribution in [2.45, 2.75) is 33.5 Å². The number of aromatic nitrogens is 1. The van der Waals surface area contributed by atoms with Crippen molar-refractivity contribution in [2.75, 3.05) is 0 Å². The molecule has 2 heterocycles. The predicted molar refractivity (Wildman–Crippen MR) is 138 cm³/mol. The molecule has 0 fully saturated rings. The van der Waals surface area contributed by atoms with Gasteiger partial charge in [-0.15, -0.1) is 0 Å². The van der Waals surface area contributed by atoms with Crippen LogP contribution in [-0.2, 0) is 7.05 Å². The first-order chi connectivity index (χ1) is 15.2. The van der Waals surface area contributed by atoms with Crippen molar-refractivity contribution in [3.05, 3.63) is 71.9 Å². The first kappa shape index (κ1) is 19.5. The summed E-state index contributed by atoms with van der Waals surface area (Å²) >= 11 is 0. The molecule has 0 aliphatic carbocycles. The van der Waals surface area contributed by atoms with Crippen LogP contribution < -0.4 is 14.5 Å². The summed E-state index contributed by atoms with van der Waals surface area (Å²) in [4.78, 5) is 0. The van der Waals surface area contributed by atoms with Crippen LogP contribution in [0.15, 0.2) is 60.8 Å². The van der Waals surface area contributed by atoms with E-state index < -0.39 is 8.07 Å². The zero-order chi connectivity index (χ0) is 22.4. The predicted octanol–water partition coefficient (Wildman–Crippen LogP) is 6.91. The normalized spacial score (nSPS) is 12.9. The first-order valence-electron chi connectivity index (χ1n) is 11.3. The molecule has 6 rings (SSSR count). The van der Waals surface area contributed by atoms with Crippen molar-refractivity contribution >= 4 is 45.6 Å². The summed E-state index contributed by atoms with van der Waals surface area (Å²) in [6.07, 6.45) is 2.20. The lowest BCUT2D eigenvalue weighted by molar-refractivity contribution is -0.659. The maximum absolute atomic E-state index is 6.78. The third-order valence-electron chi connectivity index (χ3n) is 7.15. The van der Waals surface area contributed by atoms with E-state index in [0.29, 0.717) is 0 Å². The highest BCUT2D eigenvalue weighted by Gasteiger charge is 2.33. The van der Waals surface area contributed by atoms with E-state index in [0.717, 1.165) is 11.5 Å². The van der Waals surface area contributed by atoms with E-state index in [2.05, 4.69) is 106 Å². The number of nitrogens with zero attached hydrogens (tertiary/aromatic N) is 1. The smallest absolute Gasteiger partial charge is 0.228 e. The molecule has 0 radical (unpaired) electrons. The molecular weight excluding hydrogens is 406 g/mol. The monoisotopic (exact) mass is 434 g/mol. The van der Waals surface area contributed by atoms with E-state index >= 15 is 0 Å². The molecular formula is C29H28NOSi+. The highest BCUT2D eigenvalue weighted by molar-refractivity contribution is 6.88. The van der Waals surface area contributed by atoms with Gasteiger partial charge < -0.3 is 4.74 Å². The molecule has 32 heavy (non-hydrogen) atoms. The Labute approximate surface area is 190 Å². The molecule has 2 nitrogen and oxygen atoms in total. The van der Waals surface area contributed by atoms with Crippen LogP contribution in [0.25, 0.3) is 43.6 Å². The average molecular weight is 435 g/mol. The molecule has 3 heteroatoms. The second-order valence-corrected chi connectivity index (χ2v) is 15.3. The minimum absolute atomic E-state index is 1.00. The maximum atomic E-state index is 6.78. The lowest BCUT2D eigenvalue weighted by atomic mass is 9.88. The van der Waals surface area contributed by atoms with Gasteiger partial charge in [0.15, 0.2) is 6.20 Å². The minimum atomic E-state index is -1.48. The highest BCUT2D eigenvalue weighted by atomic mass is 28.3. The number of aryl methyl sites for hydroxylation is 3. The van der Waals surface area contributed by atoms with Crippen LogP contribution in [0.4, 0.5) is 0 Å². The number of hydrogen-bond acceptors (Lipinski definition) is 1. The Morgan fingerprint density at radius 3 is 2.09 bits per heavy atom. The van der Waals surface area contributed by atoms with E-state index in [4.69, 9.17) is 4.74 Å². The Morgan fingerprint density at radius 2 is 1.44 bits per heavy atom. The number of rotatable bonds is 1. The van der Waals surface area contributed by atoms with Crippen molar-refractivity contribution in [1.82, 2.24) is 0 Å². The van der Waals surface area contributed by atoms with Crippen LogP contribution in [0, 0.1) is 13.8 Å². The second-order valence-electron chi connectivity index (χ2n) is 10.3. The molecule has 0 amide bonds. The molecule has 0 spiro atoms. The van der Waals surface area contributed by atoms with Crippen molar-refractivity contribution in [3.8, 4) is 22.8 Å². The molecule has 4 aromatic carbocycles. The lowest BCUT2D eigenvalue weighted by Crippen LogP contribution is -2.38. The van der Waals surface area contributed by atoms with Crippen LogP contribution in [0.5, 0.6) is 11.5 Å². The highest BCUT2D eigenvalue weighted by Crippen LogP contribution is 2.50. The average Bonchev–Trinajstić information content (AvgIpc) is 2.77. The Kier molecular flexibility index (Phi) is 3.92. The fourth-order valence-electron chi connectivity index (χ4n) is 5.28. The summed E-state index contributed by atoms with van der Waals surface area (Å²) in [5, 5.41) is 9.07. The summed E-state index contributed by atoms with van der Waals surface area (Å²) in [7, 11) is 0.670. The summed E-state index contributed by atoms with van der Waals surface area (Å²) < 4.78 is 9.05. The molecule has 0 saturated carbocycles. The number of benzene rings is 4. The first-order valence-corrected chi connectivity index (χ1v) is 14.8. The van der Waals surface area contributed by atoms with Crippen LogP contribution in [0.3, 0.4) is 0 Å². The topological polar surface area (TPSA) is 13.1 Å². The molecule has 158 valence electrons. The quantitative estimate of drug-likeness (QED) is 0.156.